The lowest BCUT2D eigenvalue weighted by molar-refractivity contribution is 0.313. The largest absolute Gasteiger partial charge is 0.310 e. The Morgan fingerprint density at radius 3 is 2.88 bits per heavy atom. The van der Waals surface area contributed by atoms with Crippen molar-refractivity contribution in [2.75, 3.05) is 24.6 Å². The van der Waals surface area contributed by atoms with Crippen molar-refractivity contribution in [1.82, 2.24) is 10.2 Å². The van der Waals surface area contributed by atoms with Crippen molar-refractivity contribution in [3.8, 4) is 0 Å². The molecule has 2 atom stereocenters. The Hall–Kier alpha value is 0.270. The zero-order chi connectivity index (χ0) is 11.4. The van der Waals surface area contributed by atoms with Gasteiger partial charge in [-0.3, -0.25) is 4.90 Å². The van der Waals surface area contributed by atoms with Crippen LogP contribution in [0.2, 0.25) is 0 Å². The van der Waals surface area contributed by atoms with Crippen molar-refractivity contribution >= 4 is 11.8 Å². The highest BCUT2D eigenvalue weighted by molar-refractivity contribution is 7.99. The van der Waals surface area contributed by atoms with Crippen LogP contribution < -0.4 is 5.32 Å². The molecule has 2 aliphatic rings. The van der Waals surface area contributed by atoms with Crippen LogP contribution in [0.1, 0.15) is 39.5 Å². The van der Waals surface area contributed by atoms with E-state index in [2.05, 4.69) is 35.8 Å². The Labute approximate surface area is 105 Å². The smallest absolute Gasteiger partial charge is 0.0209 e. The van der Waals surface area contributed by atoms with Gasteiger partial charge in [-0.25, -0.2) is 0 Å². The molecule has 2 nitrogen and oxygen atoms in total. The van der Waals surface area contributed by atoms with E-state index in [0.717, 1.165) is 12.1 Å². The van der Waals surface area contributed by atoms with Crippen molar-refractivity contribution in [3.05, 3.63) is 0 Å². The third-order valence-corrected chi connectivity index (χ3v) is 4.64. The van der Waals surface area contributed by atoms with E-state index in [0.29, 0.717) is 6.04 Å². The molecule has 2 rings (SSSR count). The first-order valence-corrected chi connectivity index (χ1v) is 8.03. The van der Waals surface area contributed by atoms with Gasteiger partial charge in [0.15, 0.2) is 0 Å². The number of hydrogen-bond acceptors (Lipinski definition) is 3. The van der Waals surface area contributed by atoms with Crippen LogP contribution in [0.4, 0.5) is 0 Å². The number of likely N-dealkylation sites (tertiary alicyclic amines) is 1. The SMILES string of the molecule is CCSCCC(C)NC1CCN(C2CC2)C1. The first kappa shape index (κ1) is 12.7. The average Bonchev–Trinajstić information content (AvgIpc) is 3.01. The second kappa shape index (κ2) is 6.27. The van der Waals surface area contributed by atoms with E-state index in [4.69, 9.17) is 0 Å². The van der Waals surface area contributed by atoms with Crippen LogP contribution in [0.15, 0.2) is 0 Å². The predicted octanol–water partition coefficient (Wildman–Crippen LogP) is 2.34. The van der Waals surface area contributed by atoms with Crippen LogP contribution in [0.3, 0.4) is 0 Å². The molecule has 3 heteroatoms. The number of rotatable bonds is 7. The van der Waals surface area contributed by atoms with Gasteiger partial charge in [0.25, 0.3) is 0 Å². The maximum Gasteiger partial charge on any atom is 0.0209 e. The molecule has 1 aliphatic carbocycles. The zero-order valence-electron chi connectivity index (χ0n) is 10.7. The lowest BCUT2D eigenvalue weighted by Crippen LogP contribution is -2.39. The highest BCUT2D eigenvalue weighted by Crippen LogP contribution is 2.29. The number of hydrogen-bond donors (Lipinski definition) is 1. The summed E-state index contributed by atoms with van der Waals surface area (Å²) in [6.07, 6.45) is 5.59. The Kier molecular flexibility index (Phi) is 4.98. The molecule has 1 saturated heterocycles. The van der Waals surface area contributed by atoms with Gasteiger partial charge in [-0.05, 0) is 44.1 Å². The summed E-state index contributed by atoms with van der Waals surface area (Å²) in [5.74, 6) is 2.56. The minimum atomic E-state index is 0.697. The molecule has 2 unspecified atom stereocenters. The summed E-state index contributed by atoms with van der Waals surface area (Å²) in [7, 11) is 0. The molecule has 0 aromatic rings. The topological polar surface area (TPSA) is 15.3 Å². The van der Waals surface area contributed by atoms with Gasteiger partial charge in [0.2, 0.25) is 0 Å². The van der Waals surface area contributed by atoms with Gasteiger partial charge in [-0.2, -0.15) is 11.8 Å². The summed E-state index contributed by atoms with van der Waals surface area (Å²) >= 11 is 2.06. The van der Waals surface area contributed by atoms with Gasteiger partial charge in [0, 0.05) is 31.2 Å². The molecule has 16 heavy (non-hydrogen) atoms. The van der Waals surface area contributed by atoms with Crippen LogP contribution in [-0.2, 0) is 0 Å². The second-order valence-corrected chi connectivity index (χ2v) is 6.66. The fourth-order valence-electron chi connectivity index (χ4n) is 2.58. The van der Waals surface area contributed by atoms with E-state index >= 15 is 0 Å². The molecule has 0 aromatic heterocycles. The lowest BCUT2D eigenvalue weighted by Gasteiger charge is -2.20. The minimum Gasteiger partial charge on any atom is -0.310 e. The third kappa shape index (κ3) is 3.94. The fraction of sp³-hybridized carbons (Fsp3) is 1.00. The molecule has 1 saturated carbocycles. The third-order valence-electron chi connectivity index (χ3n) is 3.70. The Morgan fingerprint density at radius 1 is 1.38 bits per heavy atom. The molecular weight excluding hydrogens is 216 g/mol. The molecule has 0 aromatic carbocycles. The van der Waals surface area contributed by atoms with Crippen LogP contribution >= 0.6 is 11.8 Å². The van der Waals surface area contributed by atoms with Crippen LogP contribution in [0.25, 0.3) is 0 Å². The monoisotopic (exact) mass is 242 g/mol. The summed E-state index contributed by atoms with van der Waals surface area (Å²) in [4.78, 5) is 2.69. The van der Waals surface area contributed by atoms with E-state index < -0.39 is 0 Å². The molecule has 1 heterocycles. The number of nitrogens with zero attached hydrogens (tertiary/aromatic N) is 1. The first-order chi connectivity index (χ1) is 7.79. The number of thioether (sulfide) groups is 1. The van der Waals surface area contributed by atoms with Gasteiger partial charge >= 0.3 is 0 Å². The second-order valence-electron chi connectivity index (χ2n) is 5.27. The van der Waals surface area contributed by atoms with E-state index in [1.54, 1.807) is 0 Å². The van der Waals surface area contributed by atoms with Gasteiger partial charge in [0.1, 0.15) is 0 Å². The van der Waals surface area contributed by atoms with Crippen molar-refractivity contribution in [3.63, 3.8) is 0 Å². The van der Waals surface area contributed by atoms with Gasteiger partial charge in [0.05, 0.1) is 0 Å². The Morgan fingerprint density at radius 2 is 2.19 bits per heavy atom. The van der Waals surface area contributed by atoms with Gasteiger partial charge < -0.3 is 5.32 Å². The zero-order valence-corrected chi connectivity index (χ0v) is 11.6. The lowest BCUT2D eigenvalue weighted by atomic mass is 10.2. The normalized spacial score (nSPS) is 28.5. The van der Waals surface area contributed by atoms with Crippen LogP contribution in [0, 0.1) is 0 Å². The number of nitrogens with one attached hydrogen (secondary N) is 1. The molecule has 0 radical (unpaired) electrons. The molecule has 0 bridgehead atoms. The standard InChI is InChI=1S/C13H26N2S/c1-3-16-9-7-11(2)14-12-6-8-15(10-12)13-4-5-13/h11-14H,3-10H2,1-2H3. The Balaban J connectivity index is 1.58. The van der Waals surface area contributed by atoms with E-state index in [-0.39, 0.29) is 0 Å². The Bertz CT molecular complexity index is 206. The van der Waals surface area contributed by atoms with Crippen LogP contribution in [0.5, 0.6) is 0 Å². The first-order valence-electron chi connectivity index (χ1n) is 6.87. The summed E-state index contributed by atoms with van der Waals surface area (Å²) in [5.41, 5.74) is 0. The highest BCUT2D eigenvalue weighted by atomic mass is 32.2. The summed E-state index contributed by atoms with van der Waals surface area (Å²) in [6, 6.07) is 2.42. The van der Waals surface area contributed by atoms with Crippen molar-refractivity contribution in [2.45, 2.75) is 57.7 Å². The van der Waals surface area contributed by atoms with E-state index in [1.165, 1.54) is 50.3 Å². The highest BCUT2D eigenvalue weighted by Gasteiger charge is 2.34. The molecule has 94 valence electrons. The van der Waals surface area contributed by atoms with Crippen molar-refractivity contribution < 1.29 is 0 Å². The molecule has 1 aliphatic heterocycles. The van der Waals surface area contributed by atoms with Gasteiger partial charge in [-0.15, -0.1) is 0 Å². The maximum atomic E-state index is 3.80. The minimum absolute atomic E-state index is 0.697. The summed E-state index contributed by atoms with van der Waals surface area (Å²) < 4.78 is 0. The molecular formula is C13H26N2S. The van der Waals surface area contributed by atoms with Crippen molar-refractivity contribution in [1.29, 1.82) is 0 Å². The quantitative estimate of drug-likeness (QED) is 0.690. The van der Waals surface area contributed by atoms with Crippen molar-refractivity contribution in [2.24, 2.45) is 0 Å². The summed E-state index contributed by atoms with van der Waals surface area (Å²) in [5, 5.41) is 3.80. The summed E-state index contributed by atoms with van der Waals surface area (Å²) in [6.45, 7) is 7.22. The predicted molar refractivity (Wildman–Crippen MR) is 73.2 cm³/mol. The maximum absolute atomic E-state index is 3.80. The molecule has 1 N–H and O–H groups in total. The molecule has 0 amide bonds. The van der Waals surface area contributed by atoms with Crippen LogP contribution in [-0.4, -0.2) is 47.6 Å². The average molecular weight is 242 g/mol. The van der Waals surface area contributed by atoms with E-state index in [9.17, 15) is 0 Å². The molecule has 2 fully saturated rings. The molecule has 0 spiro atoms. The van der Waals surface area contributed by atoms with Gasteiger partial charge in [-0.1, -0.05) is 6.92 Å². The fourth-order valence-corrected chi connectivity index (χ4v) is 3.39. The van der Waals surface area contributed by atoms with E-state index in [1.807, 2.05) is 0 Å².